The first kappa shape index (κ1) is 25.8. The van der Waals surface area contributed by atoms with E-state index in [-0.39, 0.29) is 5.56 Å². The van der Waals surface area contributed by atoms with Crippen LogP contribution < -0.4 is 24.3 Å². The zero-order valence-electron chi connectivity index (χ0n) is 19.9. The van der Waals surface area contributed by atoms with Crippen LogP contribution in [-0.4, -0.2) is 45.4 Å². The Morgan fingerprint density at radius 3 is 2.21 bits per heavy atom. The van der Waals surface area contributed by atoms with Gasteiger partial charge in [-0.05, 0) is 56.5 Å². The molecular weight excluding hydrogens is 426 g/mol. The molecular formula is C25H33NO7. The molecule has 0 spiro atoms. The molecule has 0 unspecified atom stereocenters. The Kier molecular flexibility index (Phi) is 10.3. The third-order valence-electron chi connectivity index (χ3n) is 4.51. The van der Waals surface area contributed by atoms with Crippen LogP contribution in [0.4, 0.5) is 5.69 Å². The average molecular weight is 460 g/mol. The molecule has 2 aromatic carbocycles. The number of hydrogen-bond acceptors (Lipinski definition) is 7. The number of nitrogens with one attached hydrogen (secondary N) is 1. The molecule has 2 aromatic rings. The molecule has 0 aliphatic rings. The SMILES string of the molecule is CCOc1ccc(NC(=O)COC(=O)c2ccc(OCCC(C)C)c(OC)c2)cc1OCC. The lowest BCUT2D eigenvalue weighted by molar-refractivity contribution is -0.119. The zero-order chi connectivity index (χ0) is 24.2. The van der Waals surface area contributed by atoms with E-state index >= 15 is 0 Å². The van der Waals surface area contributed by atoms with E-state index < -0.39 is 18.5 Å². The molecule has 0 aliphatic heterocycles. The first-order chi connectivity index (χ1) is 15.9. The Bertz CT molecular complexity index is 927. The number of amides is 1. The van der Waals surface area contributed by atoms with Crippen molar-refractivity contribution < 1.29 is 33.3 Å². The lowest BCUT2D eigenvalue weighted by Crippen LogP contribution is -2.21. The fourth-order valence-electron chi connectivity index (χ4n) is 2.86. The van der Waals surface area contributed by atoms with Crippen molar-refractivity contribution >= 4 is 17.6 Å². The number of rotatable bonds is 13. The molecule has 0 aliphatic carbocycles. The summed E-state index contributed by atoms with van der Waals surface area (Å²) in [6.07, 6.45) is 0.905. The van der Waals surface area contributed by atoms with Gasteiger partial charge in [-0.1, -0.05) is 13.8 Å². The molecule has 0 heterocycles. The van der Waals surface area contributed by atoms with Crippen molar-refractivity contribution in [2.24, 2.45) is 5.92 Å². The van der Waals surface area contributed by atoms with Gasteiger partial charge in [0.1, 0.15) is 0 Å². The van der Waals surface area contributed by atoms with Crippen molar-refractivity contribution in [3.8, 4) is 23.0 Å². The maximum absolute atomic E-state index is 12.4. The van der Waals surface area contributed by atoms with Gasteiger partial charge in [0.2, 0.25) is 0 Å². The summed E-state index contributed by atoms with van der Waals surface area (Å²) in [5.74, 6) is 1.49. The fourth-order valence-corrected chi connectivity index (χ4v) is 2.86. The van der Waals surface area contributed by atoms with Gasteiger partial charge in [0, 0.05) is 11.8 Å². The van der Waals surface area contributed by atoms with Crippen molar-refractivity contribution in [1.29, 1.82) is 0 Å². The minimum Gasteiger partial charge on any atom is -0.493 e. The molecule has 0 aromatic heterocycles. The maximum Gasteiger partial charge on any atom is 0.338 e. The smallest absolute Gasteiger partial charge is 0.338 e. The topological polar surface area (TPSA) is 92.3 Å². The van der Waals surface area contributed by atoms with Crippen LogP contribution in [0.5, 0.6) is 23.0 Å². The molecule has 180 valence electrons. The van der Waals surface area contributed by atoms with E-state index in [0.29, 0.717) is 54.4 Å². The van der Waals surface area contributed by atoms with Gasteiger partial charge in [-0.25, -0.2) is 4.79 Å². The monoisotopic (exact) mass is 459 g/mol. The molecule has 1 amide bonds. The Morgan fingerprint density at radius 2 is 1.55 bits per heavy atom. The summed E-state index contributed by atoms with van der Waals surface area (Å²) in [5, 5.41) is 2.68. The lowest BCUT2D eigenvalue weighted by Gasteiger charge is -2.14. The molecule has 0 saturated heterocycles. The summed E-state index contributed by atoms with van der Waals surface area (Å²) in [5.41, 5.74) is 0.767. The second kappa shape index (κ2) is 13.2. The van der Waals surface area contributed by atoms with E-state index in [4.69, 9.17) is 23.7 Å². The molecule has 0 bridgehead atoms. The van der Waals surface area contributed by atoms with Crippen LogP contribution in [0.2, 0.25) is 0 Å². The quantitative estimate of drug-likeness (QED) is 0.434. The standard InChI is InChI=1S/C25H33NO7/c1-6-30-21-11-9-19(15-23(21)31-7-2)26-24(27)16-33-25(28)18-8-10-20(22(14-18)29-5)32-13-12-17(3)4/h8-11,14-15,17H,6-7,12-13,16H2,1-5H3,(H,26,27). The number of carbonyl (C=O) groups excluding carboxylic acids is 2. The average Bonchev–Trinajstić information content (AvgIpc) is 2.79. The van der Waals surface area contributed by atoms with Crippen LogP contribution in [-0.2, 0) is 9.53 Å². The van der Waals surface area contributed by atoms with Crippen LogP contribution in [0.25, 0.3) is 0 Å². The highest BCUT2D eigenvalue weighted by Crippen LogP contribution is 2.31. The summed E-state index contributed by atoms with van der Waals surface area (Å²) >= 11 is 0. The first-order valence-corrected chi connectivity index (χ1v) is 11.0. The molecule has 0 atom stereocenters. The van der Waals surface area contributed by atoms with Gasteiger partial charge in [-0.15, -0.1) is 0 Å². The van der Waals surface area contributed by atoms with Gasteiger partial charge < -0.3 is 29.0 Å². The van der Waals surface area contributed by atoms with E-state index in [9.17, 15) is 9.59 Å². The highest BCUT2D eigenvalue weighted by Gasteiger charge is 2.15. The highest BCUT2D eigenvalue weighted by molar-refractivity contribution is 5.96. The molecule has 8 nitrogen and oxygen atoms in total. The van der Waals surface area contributed by atoms with Crippen molar-refractivity contribution in [3.63, 3.8) is 0 Å². The van der Waals surface area contributed by atoms with E-state index in [1.165, 1.54) is 13.2 Å². The van der Waals surface area contributed by atoms with Crippen molar-refractivity contribution in [1.82, 2.24) is 0 Å². The van der Waals surface area contributed by atoms with E-state index in [1.54, 1.807) is 30.3 Å². The Morgan fingerprint density at radius 1 is 0.879 bits per heavy atom. The van der Waals surface area contributed by atoms with Gasteiger partial charge in [0.25, 0.3) is 5.91 Å². The van der Waals surface area contributed by atoms with Gasteiger partial charge in [0.15, 0.2) is 29.6 Å². The molecule has 1 N–H and O–H groups in total. The number of methoxy groups -OCH3 is 1. The number of hydrogen-bond donors (Lipinski definition) is 1. The molecule has 0 radical (unpaired) electrons. The van der Waals surface area contributed by atoms with E-state index in [0.717, 1.165) is 6.42 Å². The minimum absolute atomic E-state index is 0.260. The predicted octanol–water partition coefficient (Wildman–Crippen LogP) is 4.71. The Hall–Kier alpha value is -3.42. The van der Waals surface area contributed by atoms with E-state index in [1.807, 2.05) is 13.8 Å². The van der Waals surface area contributed by atoms with Gasteiger partial charge in [-0.3, -0.25) is 4.79 Å². The molecule has 0 saturated carbocycles. The van der Waals surface area contributed by atoms with Gasteiger partial charge in [-0.2, -0.15) is 0 Å². The molecule has 0 fully saturated rings. The van der Waals surface area contributed by atoms with Crippen molar-refractivity contribution in [2.75, 3.05) is 38.9 Å². The van der Waals surface area contributed by atoms with Crippen LogP contribution in [0.15, 0.2) is 36.4 Å². The minimum atomic E-state index is -0.640. The lowest BCUT2D eigenvalue weighted by atomic mass is 10.1. The number of carbonyl (C=O) groups is 2. The molecule has 8 heteroatoms. The summed E-state index contributed by atoms with van der Waals surface area (Å²) in [4.78, 5) is 24.7. The van der Waals surface area contributed by atoms with Crippen LogP contribution in [0, 0.1) is 5.92 Å². The summed E-state index contributed by atoms with van der Waals surface area (Å²) in [7, 11) is 1.50. The Balaban J connectivity index is 1.94. The third kappa shape index (κ3) is 8.21. The fraction of sp³-hybridized carbons (Fsp3) is 0.440. The summed E-state index contributed by atoms with van der Waals surface area (Å²) in [6, 6.07) is 9.84. The summed E-state index contributed by atoms with van der Waals surface area (Å²) < 4.78 is 27.3. The van der Waals surface area contributed by atoms with E-state index in [2.05, 4.69) is 19.2 Å². The number of benzene rings is 2. The van der Waals surface area contributed by atoms with Crippen LogP contribution in [0.1, 0.15) is 44.5 Å². The van der Waals surface area contributed by atoms with Crippen molar-refractivity contribution in [3.05, 3.63) is 42.0 Å². The summed E-state index contributed by atoms with van der Waals surface area (Å²) in [6.45, 7) is 9.03. The number of esters is 1. The maximum atomic E-state index is 12.4. The highest BCUT2D eigenvalue weighted by atomic mass is 16.5. The number of ether oxygens (including phenoxy) is 5. The zero-order valence-corrected chi connectivity index (χ0v) is 19.9. The predicted molar refractivity (Wildman–Crippen MR) is 126 cm³/mol. The van der Waals surface area contributed by atoms with Crippen LogP contribution in [0.3, 0.4) is 0 Å². The molecule has 2 rings (SSSR count). The second-order valence-corrected chi connectivity index (χ2v) is 7.55. The normalized spacial score (nSPS) is 10.5. The number of anilines is 1. The van der Waals surface area contributed by atoms with Gasteiger partial charge in [0.05, 0.1) is 32.5 Å². The largest absolute Gasteiger partial charge is 0.493 e. The Labute approximate surface area is 195 Å². The second-order valence-electron chi connectivity index (χ2n) is 7.55. The first-order valence-electron chi connectivity index (χ1n) is 11.0. The van der Waals surface area contributed by atoms with Crippen LogP contribution >= 0.6 is 0 Å². The molecule has 33 heavy (non-hydrogen) atoms. The van der Waals surface area contributed by atoms with Crippen molar-refractivity contribution in [2.45, 2.75) is 34.1 Å². The van der Waals surface area contributed by atoms with Gasteiger partial charge >= 0.3 is 5.97 Å². The third-order valence-corrected chi connectivity index (χ3v) is 4.51.